The number of hydrogen-bond acceptors (Lipinski definition) is 3. The molecule has 21 heavy (non-hydrogen) atoms. The van der Waals surface area contributed by atoms with Crippen molar-refractivity contribution in [1.82, 2.24) is 0 Å². The summed E-state index contributed by atoms with van der Waals surface area (Å²) in [6.45, 7) is 6.43. The summed E-state index contributed by atoms with van der Waals surface area (Å²) in [5.41, 5.74) is 4.81. The van der Waals surface area contributed by atoms with E-state index in [0.717, 1.165) is 22.4 Å². The number of benzene rings is 2. The van der Waals surface area contributed by atoms with Gasteiger partial charge >= 0.3 is 0 Å². The zero-order valence-corrected chi connectivity index (χ0v) is 12.6. The van der Waals surface area contributed by atoms with Crippen molar-refractivity contribution in [3.63, 3.8) is 0 Å². The van der Waals surface area contributed by atoms with Gasteiger partial charge in [0.15, 0.2) is 6.10 Å². The van der Waals surface area contributed by atoms with Crippen molar-refractivity contribution in [1.29, 1.82) is 5.26 Å². The minimum atomic E-state index is -1.12. The molecule has 2 aromatic carbocycles. The third-order valence-corrected chi connectivity index (χ3v) is 3.45. The molecule has 0 saturated heterocycles. The minimum Gasteiger partial charge on any atom is -0.488 e. The Bertz CT molecular complexity index is 663. The predicted molar refractivity (Wildman–Crippen MR) is 82.0 cm³/mol. The first-order valence-corrected chi connectivity index (χ1v) is 6.89. The van der Waals surface area contributed by atoms with Crippen LogP contribution in [0.25, 0.3) is 0 Å². The smallest absolute Gasteiger partial charge is 0.166 e. The maximum Gasteiger partial charge on any atom is 0.166 e. The van der Waals surface area contributed by atoms with Crippen LogP contribution in [0.3, 0.4) is 0 Å². The first-order valence-electron chi connectivity index (χ1n) is 6.89. The summed E-state index contributed by atoms with van der Waals surface area (Å²) >= 11 is 0. The van der Waals surface area contributed by atoms with Crippen molar-refractivity contribution in [2.24, 2.45) is 0 Å². The molecule has 3 nitrogen and oxygen atoms in total. The molecule has 0 amide bonds. The van der Waals surface area contributed by atoms with Crippen molar-refractivity contribution >= 4 is 0 Å². The van der Waals surface area contributed by atoms with Gasteiger partial charge in [0.05, 0.1) is 6.07 Å². The second-order valence-electron chi connectivity index (χ2n) is 5.25. The summed E-state index contributed by atoms with van der Waals surface area (Å²) < 4.78 is 5.92. The van der Waals surface area contributed by atoms with Crippen molar-refractivity contribution < 1.29 is 9.84 Å². The van der Waals surface area contributed by atoms with Crippen molar-refractivity contribution in [2.45, 2.75) is 33.5 Å². The highest BCUT2D eigenvalue weighted by atomic mass is 16.5. The van der Waals surface area contributed by atoms with Gasteiger partial charge in [0.1, 0.15) is 12.4 Å². The summed E-state index contributed by atoms with van der Waals surface area (Å²) in [5.74, 6) is 0.863. The van der Waals surface area contributed by atoms with Crippen LogP contribution in [0.1, 0.15) is 33.9 Å². The van der Waals surface area contributed by atoms with Gasteiger partial charge in [-0.1, -0.05) is 42.0 Å². The molecule has 0 aliphatic carbocycles. The van der Waals surface area contributed by atoms with Crippen LogP contribution >= 0.6 is 0 Å². The molecule has 2 aromatic rings. The number of ether oxygens (including phenoxy) is 1. The zero-order chi connectivity index (χ0) is 15.4. The summed E-state index contributed by atoms with van der Waals surface area (Å²) in [7, 11) is 0. The third-order valence-electron chi connectivity index (χ3n) is 3.45. The van der Waals surface area contributed by atoms with E-state index in [1.165, 1.54) is 5.56 Å². The first-order chi connectivity index (χ1) is 10.0. The molecular weight excluding hydrogens is 262 g/mol. The highest BCUT2D eigenvalue weighted by Gasteiger charge is 2.12. The van der Waals surface area contributed by atoms with Gasteiger partial charge in [-0.05, 0) is 37.5 Å². The highest BCUT2D eigenvalue weighted by molar-refractivity contribution is 5.43. The number of hydrogen-bond donors (Lipinski definition) is 1. The van der Waals surface area contributed by atoms with Gasteiger partial charge in [0, 0.05) is 5.56 Å². The van der Waals surface area contributed by atoms with Gasteiger partial charge in [-0.3, -0.25) is 0 Å². The molecule has 0 aliphatic heterocycles. The largest absolute Gasteiger partial charge is 0.488 e. The lowest BCUT2D eigenvalue weighted by Crippen LogP contribution is -2.05. The van der Waals surface area contributed by atoms with Crippen LogP contribution in [0.4, 0.5) is 0 Å². The Morgan fingerprint density at radius 3 is 2.38 bits per heavy atom. The standard InChI is InChI=1S/C18H19NO2/c1-12-8-13(2)18(14(3)9-12)21-11-15-6-4-5-7-16(15)17(20)10-19/h4-9,17,20H,11H2,1-3H3. The van der Waals surface area contributed by atoms with E-state index in [0.29, 0.717) is 12.2 Å². The molecule has 3 heteroatoms. The molecule has 1 N–H and O–H groups in total. The predicted octanol–water partition coefficient (Wildman–Crippen LogP) is 3.75. The Labute approximate surface area is 125 Å². The summed E-state index contributed by atoms with van der Waals surface area (Å²) in [4.78, 5) is 0. The molecule has 0 heterocycles. The summed E-state index contributed by atoms with van der Waals surface area (Å²) in [5, 5.41) is 18.6. The van der Waals surface area contributed by atoms with E-state index in [4.69, 9.17) is 10.00 Å². The zero-order valence-electron chi connectivity index (χ0n) is 12.6. The average Bonchev–Trinajstić information content (AvgIpc) is 2.45. The lowest BCUT2D eigenvalue weighted by Gasteiger charge is -2.15. The maximum atomic E-state index is 9.74. The highest BCUT2D eigenvalue weighted by Crippen LogP contribution is 2.26. The van der Waals surface area contributed by atoms with Gasteiger partial charge in [-0.25, -0.2) is 0 Å². The molecule has 0 fully saturated rings. The van der Waals surface area contributed by atoms with E-state index in [1.54, 1.807) is 6.07 Å². The topological polar surface area (TPSA) is 53.2 Å². The van der Waals surface area contributed by atoms with Crippen LogP contribution in [-0.4, -0.2) is 5.11 Å². The van der Waals surface area contributed by atoms with Crippen molar-refractivity contribution in [2.75, 3.05) is 0 Å². The number of rotatable bonds is 4. The first kappa shape index (κ1) is 15.1. The van der Waals surface area contributed by atoms with E-state index in [9.17, 15) is 5.11 Å². The fourth-order valence-electron chi connectivity index (χ4n) is 2.55. The maximum absolute atomic E-state index is 9.74. The van der Waals surface area contributed by atoms with Gasteiger partial charge in [0.2, 0.25) is 0 Å². The number of nitrogens with zero attached hydrogens (tertiary/aromatic N) is 1. The number of aliphatic hydroxyl groups is 1. The number of nitriles is 1. The lowest BCUT2D eigenvalue weighted by molar-refractivity contribution is 0.229. The van der Waals surface area contributed by atoms with Gasteiger partial charge in [-0.15, -0.1) is 0 Å². The van der Waals surface area contributed by atoms with E-state index in [-0.39, 0.29) is 0 Å². The fourth-order valence-corrected chi connectivity index (χ4v) is 2.55. The van der Waals surface area contributed by atoms with Gasteiger partial charge in [-0.2, -0.15) is 5.26 Å². The lowest BCUT2D eigenvalue weighted by atomic mass is 10.0. The van der Waals surface area contributed by atoms with Crippen LogP contribution in [0.2, 0.25) is 0 Å². The molecular formula is C18H19NO2. The Morgan fingerprint density at radius 2 is 1.76 bits per heavy atom. The minimum absolute atomic E-state index is 0.333. The van der Waals surface area contributed by atoms with Crippen molar-refractivity contribution in [3.8, 4) is 11.8 Å². The van der Waals surface area contributed by atoms with Crippen LogP contribution < -0.4 is 4.74 Å². The molecule has 0 spiro atoms. The Hall–Kier alpha value is -2.31. The van der Waals surface area contributed by atoms with E-state index < -0.39 is 6.10 Å². The SMILES string of the molecule is Cc1cc(C)c(OCc2ccccc2C(O)C#N)c(C)c1. The molecule has 0 bridgehead atoms. The van der Waals surface area contributed by atoms with E-state index in [2.05, 4.69) is 19.1 Å². The molecule has 1 atom stereocenters. The van der Waals surface area contributed by atoms with Crippen molar-refractivity contribution in [3.05, 3.63) is 64.2 Å². The van der Waals surface area contributed by atoms with E-state index in [1.807, 2.05) is 38.1 Å². The molecule has 108 valence electrons. The monoisotopic (exact) mass is 281 g/mol. The molecule has 0 aromatic heterocycles. The Balaban J connectivity index is 2.24. The van der Waals surface area contributed by atoms with Crippen LogP contribution in [-0.2, 0) is 6.61 Å². The summed E-state index contributed by atoms with van der Waals surface area (Å²) in [6.07, 6.45) is -1.12. The quantitative estimate of drug-likeness (QED) is 0.868. The average molecular weight is 281 g/mol. The molecule has 2 rings (SSSR count). The van der Waals surface area contributed by atoms with Crippen LogP contribution in [0.5, 0.6) is 5.75 Å². The van der Waals surface area contributed by atoms with Gasteiger partial charge in [0.25, 0.3) is 0 Å². The molecule has 0 radical (unpaired) electrons. The third kappa shape index (κ3) is 3.42. The van der Waals surface area contributed by atoms with E-state index >= 15 is 0 Å². The second kappa shape index (κ2) is 6.43. The Kier molecular flexibility index (Phi) is 4.62. The Morgan fingerprint density at radius 1 is 1.14 bits per heavy atom. The number of aliphatic hydroxyl groups excluding tert-OH is 1. The number of aryl methyl sites for hydroxylation is 3. The van der Waals surface area contributed by atoms with Crippen LogP contribution in [0.15, 0.2) is 36.4 Å². The molecule has 0 saturated carbocycles. The molecule has 1 unspecified atom stereocenters. The normalized spacial score (nSPS) is 11.8. The van der Waals surface area contributed by atoms with Crippen LogP contribution in [0, 0.1) is 32.1 Å². The fraction of sp³-hybridized carbons (Fsp3) is 0.278. The summed E-state index contributed by atoms with van der Waals surface area (Å²) in [6, 6.07) is 13.3. The molecule has 0 aliphatic rings. The second-order valence-corrected chi connectivity index (χ2v) is 5.25. The van der Waals surface area contributed by atoms with Gasteiger partial charge < -0.3 is 9.84 Å².